The predicted octanol–water partition coefficient (Wildman–Crippen LogP) is 2.31. The highest BCUT2D eigenvalue weighted by molar-refractivity contribution is 6.32. The smallest absolute Gasteiger partial charge is 0.137 e. The van der Waals surface area contributed by atoms with Crippen LogP contribution in [0.3, 0.4) is 0 Å². The van der Waals surface area contributed by atoms with Gasteiger partial charge in [-0.25, -0.2) is 9.97 Å². The maximum Gasteiger partial charge on any atom is 0.137 e. The number of anilines is 1. The SMILES string of the molecule is COc1ccc(Cc2nccc(N)n2)cc1Cl. The average Bonchev–Trinajstić information content (AvgIpc) is 2.29. The summed E-state index contributed by atoms with van der Waals surface area (Å²) < 4.78 is 5.09. The number of benzene rings is 1. The largest absolute Gasteiger partial charge is 0.495 e. The lowest BCUT2D eigenvalue weighted by Crippen LogP contribution is -1.99. The summed E-state index contributed by atoms with van der Waals surface area (Å²) in [5.74, 6) is 1.80. The minimum atomic E-state index is 0.467. The molecule has 1 aromatic carbocycles. The van der Waals surface area contributed by atoms with Gasteiger partial charge in [0.05, 0.1) is 12.1 Å². The zero-order valence-corrected chi connectivity index (χ0v) is 10.1. The summed E-state index contributed by atoms with van der Waals surface area (Å²) in [6.07, 6.45) is 2.23. The Morgan fingerprint density at radius 2 is 2.18 bits per heavy atom. The van der Waals surface area contributed by atoms with Crippen LogP contribution >= 0.6 is 11.6 Å². The Bertz CT molecular complexity index is 531. The molecule has 0 saturated heterocycles. The highest BCUT2D eigenvalue weighted by Gasteiger charge is 2.04. The van der Waals surface area contributed by atoms with Gasteiger partial charge >= 0.3 is 0 Å². The average molecular weight is 250 g/mol. The molecule has 0 aliphatic rings. The van der Waals surface area contributed by atoms with E-state index in [0.29, 0.717) is 28.8 Å². The van der Waals surface area contributed by atoms with E-state index in [2.05, 4.69) is 9.97 Å². The monoisotopic (exact) mass is 249 g/mol. The van der Waals surface area contributed by atoms with E-state index >= 15 is 0 Å². The molecule has 0 bridgehead atoms. The maximum atomic E-state index is 6.04. The summed E-state index contributed by atoms with van der Waals surface area (Å²) in [5.41, 5.74) is 6.61. The molecule has 0 aliphatic carbocycles. The first kappa shape index (κ1) is 11.7. The number of halogens is 1. The van der Waals surface area contributed by atoms with Gasteiger partial charge in [0.2, 0.25) is 0 Å². The first-order chi connectivity index (χ1) is 8.19. The lowest BCUT2D eigenvalue weighted by Gasteiger charge is -2.05. The topological polar surface area (TPSA) is 61.0 Å². The zero-order chi connectivity index (χ0) is 12.3. The Morgan fingerprint density at radius 3 is 2.82 bits per heavy atom. The molecule has 0 aliphatic heterocycles. The molecule has 88 valence electrons. The van der Waals surface area contributed by atoms with Crippen molar-refractivity contribution in [2.45, 2.75) is 6.42 Å². The lowest BCUT2D eigenvalue weighted by molar-refractivity contribution is 0.415. The minimum absolute atomic E-state index is 0.467. The molecule has 1 heterocycles. The molecule has 17 heavy (non-hydrogen) atoms. The van der Waals surface area contributed by atoms with Crippen molar-refractivity contribution < 1.29 is 4.74 Å². The Kier molecular flexibility index (Phi) is 3.44. The summed E-state index contributed by atoms with van der Waals surface area (Å²) >= 11 is 6.04. The van der Waals surface area contributed by atoms with E-state index in [1.54, 1.807) is 19.4 Å². The highest BCUT2D eigenvalue weighted by atomic mass is 35.5. The molecule has 2 N–H and O–H groups in total. The van der Waals surface area contributed by atoms with Gasteiger partial charge < -0.3 is 10.5 Å². The van der Waals surface area contributed by atoms with Crippen LogP contribution < -0.4 is 10.5 Å². The highest BCUT2D eigenvalue weighted by Crippen LogP contribution is 2.25. The molecule has 4 nitrogen and oxygen atoms in total. The summed E-state index contributed by atoms with van der Waals surface area (Å²) in [6.45, 7) is 0. The van der Waals surface area contributed by atoms with Gasteiger partial charge in [-0.05, 0) is 23.8 Å². The number of methoxy groups -OCH3 is 1. The third kappa shape index (κ3) is 2.85. The predicted molar refractivity (Wildman–Crippen MR) is 67.3 cm³/mol. The van der Waals surface area contributed by atoms with Crippen LogP contribution in [0, 0.1) is 0 Å². The molecule has 2 rings (SSSR count). The van der Waals surface area contributed by atoms with E-state index in [4.69, 9.17) is 22.1 Å². The van der Waals surface area contributed by atoms with Crippen molar-refractivity contribution in [3.05, 3.63) is 46.9 Å². The molecular weight excluding hydrogens is 238 g/mol. The molecule has 0 radical (unpaired) electrons. The number of hydrogen-bond acceptors (Lipinski definition) is 4. The number of ether oxygens (including phenoxy) is 1. The van der Waals surface area contributed by atoms with Crippen LogP contribution in [0.2, 0.25) is 5.02 Å². The van der Waals surface area contributed by atoms with E-state index in [9.17, 15) is 0 Å². The van der Waals surface area contributed by atoms with Crippen LogP contribution in [0.4, 0.5) is 5.82 Å². The normalized spacial score (nSPS) is 10.2. The number of nitrogens with zero attached hydrogens (tertiary/aromatic N) is 2. The van der Waals surface area contributed by atoms with Crippen LogP contribution in [0.5, 0.6) is 5.75 Å². The molecule has 1 aromatic heterocycles. The van der Waals surface area contributed by atoms with Gasteiger partial charge in [0.25, 0.3) is 0 Å². The summed E-state index contributed by atoms with van der Waals surface area (Å²) in [7, 11) is 1.59. The standard InChI is InChI=1S/C12H12ClN3O/c1-17-10-3-2-8(6-9(10)13)7-12-15-5-4-11(14)16-12/h2-6H,7H2,1H3,(H2,14,15,16). The molecule has 0 spiro atoms. The number of hydrogen-bond donors (Lipinski definition) is 1. The molecule has 2 aromatic rings. The minimum Gasteiger partial charge on any atom is -0.495 e. The van der Waals surface area contributed by atoms with Crippen LogP contribution in [0.1, 0.15) is 11.4 Å². The van der Waals surface area contributed by atoms with Crippen LogP contribution in [-0.4, -0.2) is 17.1 Å². The van der Waals surface area contributed by atoms with E-state index in [0.717, 1.165) is 5.56 Å². The number of rotatable bonds is 3. The Hall–Kier alpha value is -1.81. The number of nitrogens with two attached hydrogens (primary N) is 1. The van der Waals surface area contributed by atoms with E-state index in [1.807, 2.05) is 18.2 Å². The van der Waals surface area contributed by atoms with Gasteiger partial charge in [-0.2, -0.15) is 0 Å². The Balaban J connectivity index is 2.22. The van der Waals surface area contributed by atoms with Crippen molar-refractivity contribution >= 4 is 17.4 Å². The van der Waals surface area contributed by atoms with E-state index in [1.165, 1.54) is 0 Å². The second-order valence-electron chi connectivity index (χ2n) is 3.54. The summed E-state index contributed by atoms with van der Waals surface area (Å²) in [6, 6.07) is 7.25. The number of nitrogen functional groups attached to an aromatic ring is 1. The van der Waals surface area contributed by atoms with E-state index < -0.39 is 0 Å². The fraction of sp³-hybridized carbons (Fsp3) is 0.167. The third-order valence-corrected chi connectivity index (χ3v) is 2.60. The van der Waals surface area contributed by atoms with Crippen molar-refractivity contribution in [3.8, 4) is 5.75 Å². The Morgan fingerprint density at radius 1 is 1.35 bits per heavy atom. The number of aromatic nitrogens is 2. The van der Waals surface area contributed by atoms with Crippen LogP contribution in [0.25, 0.3) is 0 Å². The van der Waals surface area contributed by atoms with Gasteiger partial charge in [-0.1, -0.05) is 17.7 Å². The first-order valence-corrected chi connectivity index (χ1v) is 5.46. The summed E-state index contributed by atoms with van der Waals surface area (Å²) in [5, 5.41) is 0.578. The second-order valence-corrected chi connectivity index (χ2v) is 3.95. The van der Waals surface area contributed by atoms with Gasteiger partial charge in [0.15, 0.2) is 0 Å². The molecule has 0 fully saturated rings. The Labute approximate surface area is 104 Å². The molecule has 0 amide bonds. The van der Waals surface area contributed by atoms with Crippen molar-refractivity contribution in [1.82, 2.24) is 9.97 Å². The maximum absolute atomic E-state index is 6.04. The van der Waals surface area contributed by atoms with Gasteiger partial charge in [-0.3, -0.25) is 0 Å². The first-order valence-electron chi connectivity index (χ1n) is 5.09. The molecule has 5 heteroatoms. The van der Waals surface area contributed by atoms with Crippen LogP contribution in [0.15, 0.2) is 30.5 Å². The van der Waals surface area contributed by atoms with Crippen LogP contribution in [-0.2, 0) is 6.42 Å². The lowest BCUT2D eigenvalue weighted by atomic mass is 10.1. The zero-order valence-electron chi connectivity index (χ0n) is 9.35. The fourth-order valence-electron chi connectivity index (χ4n) is 1.50. The molecular formula is C12H12ClN3O. The molecule has 0 saturated carbocycles. The second kappa shape index (κ2) is 5.01. The van der Waals surface area contributed by atoms with Gasteiger partial charge in [-0.15, -0.1) is 0 Å². The van der Waals surface area contributed by atoms with Crippen molar-refractivity contribution in [3.63, 3.8) is 0 Å². The fourth-order valence-corrected chi connectivity index (χ4v) is 1.78. The van der Waals surface area contributed by atoms with Gasteiger partial charge in [0, 0.05) is 12.6 Å². The van der Waals surface area contributed by atoms with E-state index in [-0.39, 0.29) is 0 Å². The quantitative estimate of drug-likeness (QED) is 0.907. The van der Waals surface area contributed by atoms with Gasteiger partial charge in [0.1, 0.15) is 17.4 Å². The molecule has 0 atom stereocenters. The van der Waals surface area contributed by atoms with Crippen molar-refractivity contribution in [2.75, 3.05) is 12.8 Å². The van der Waals surface area contributed by atoms with Crippen molar-refractivity contribution in [2.24, 2.45) is 0 Å². The summed E-state index contributed by atoms with van der Waals surface area (Å²) in [4.78, 5) is 8.27. The van der Waals surface area contributed by atoms with Crippen molar-refractivity contribution in [1.29, 1.82) is 0 Å². The molecule has 0 unspecified atom stereocenters. The third-order valence-electron chi connectivity index (χ3n) is 2.31.